The summed E-state index contributed by atoms with van der Waals surface area (Å²) in [7, 11) is 0. The molecule has 0 aromatic heterocycles. The van der Waals surface area contributed by atoms with Gasteiger partial charge in [0, 0.05) is 13.1 Å². The molecule has 114 valence electrons. The van der Waals surface area contributed by atoms with Crippen molar-refractivity contribution in [3.05, 3.63) is 25.6 Å². The second kappa shape index (κ2) is 9.53. The highest BCUT2D eigenvalue weighted by molar-refractivity contribution is 7.80. The molecule has 8 nitrogen and oxygen atoms in total. The first-order valence-corrected chi connectivity index (χ1v) is 7.76. The summed E-state index contributed by atoms with van der Waals surface area (Å²) < 4.78 is 41.7. The van der Waals surface area contributed by atoms with E-state index in [1.54, 1.807) is 0 Å². The third kappa shape index (κ3) is 7.28. The van der Waals surface area contributed by atoms with Crippen LogP contribution in [0.25, 0.3) is 0 Å². The molecule has 0 spiro atoms. The highest BCUT2D eigenvalue weighted by Gasteiger charge is 2.15. The molecule has 2 atom stereocenters. The Hall–Kier alpha value is -1.36. The molecule has 0 rings (SSSR count). The van der Waals surface area contributed by atoms with Crippen LogP contribution < -0.4 is 0 Å². The van der Waals surface area contributed by atoms with E-state index >= 15 is 0 Å². The van der Waals surface area contributed by atoms with Gasteiger partial charge in [0.15, 0.2) is 0 Å². The van der Waals surface area contributed by atoms with E-state index in [2.05, 4.69) is 13.2 Å². The zero-order valence-corrected chi connectivity index (χ0v) is 12.2. The Labute approximate surface area is 121 Å². The highest BCUT2D eigenvalue weighted by atomic mass is 32.2. The Balaban J connectivity index is 4.52. The highest BCUT2D eigenvalue weighted by Crippen LogP contribution is 1.98. The van der Waals surface area contributed by atoms with E-state index in [1.165, 1.54) is 0 Å². The van der Waals surface area contributed by atoms with Crippen molar-refractivity contribution < 1.29 is 27.1 Å². The van der Waals surface area contributed by atoms with Crippen LogP contribution in [-0.4, -0.2) is 63.7 Å². The van der Waals surface area contributed by atoms with Crippen molar-refractivity contribution in [2.45, 2.75) is 0 Å². The number of carbonyl (C=O) groups is 2. The van der Waals surface area contributed by atoms with Gasteiger partial charge in [-0.2, -0.15) is 0 Å². The molecule has 2 amide bonds. The molecular weight excluding hydrogens is 308 g/mol. The molecule has 10 heteroatoms. The van der Waals surface area contributed by atoms with Crippen molar-refractivity contribution in [2.24, 2.45) is 0 Å². The van der Waals surface area contributed by atoms with Crippen LogP contribution in [0.3, 0.4) is 0 Å². The van der Waals surface area contributed by atoms with E-state index < -0.39 is 45.5 Å². The van der Waals surface area contributed by atoms with Crippen LogP contribution in [0.15, 0.2) is 25.6 Å². The van der Waals surface area contributed by atoms with E-state index in [0.717, 1.165) is 22.2 Å². The summed E-state index contributed by atoms with van der Waals surface area (Å²) in [6.07, 6.45) is 2.26. The molecule has 2 unspecified atom stereocenters. The fraction of sp³-hybridized carbons (Fsp3) is 0.400. The van der Waals surface area contributed by atoms with Crippen LogP contribution in [0.5, 0.6) is 0 Å². The molecule has 20 heavy (non-hydrogen) atoms. The lowest BCUT2D eigenvalue weighted by atomic mass is 10.4. The first kappa shape index (κ1) is 18.6. The van der Waals surface area contributed by atoms with Crippen molar-refractivity contribution in [3.8, 4) is 0 Å². The lowest BCUT2D eigenvalue weighted by Gasteiger charge is -2.24. The van der Waals surface area contributed by atoms with E-state index in [4.69, 9.17) is 0 Å². The maximum Gasteiger partial charge on any atom is 0.237 e. The summed E-state index contributed by atoms with van der Waals surface area (Å²) in [5.74, 6) is -2.79. The lowest BCUT2D eigenvalue weighted by molar-refractivity contribution is -0.129. The van der Waals surface area contributed by atoms with Gasteiger partial charge in [0.2, 0.25) is 11.8 Å². The zero-order valence-electron chi connectivity index (χ0n) is 10.6. The van der Waals surface area contributed by atoms with E-state index in [9.17, 15) is 27.1 Å². The molecule has 0 aliphatic carbocycles. The van der Waals surface area contributed by atoms with E-state index in [-0.39, 0.29) is 13.1 Å². The van der Waals surface area contributed by atoms with E-state index in [0.29, 0.717) is 0 Å². The molecule has 0 bridgehead atoms. The van der Waals surface area contributed by atoms with E-state index in [1.807, 2.05) is 0 Å². The lowest BCUT2D eigenvalue weighted by Crippen LogP contribution is -2.39. The molecular formula is C10H14N2O6S2-2. The molecule has 0 heterocycles. The first-order chi connectivity index (χ1) is 9.31. The van der Waals surface area contributed by atoms with Crippen LogP contribution in [0.4, 0.5) is 0 Å². The molecule has 0 radical (unpaired) electrons. The predicted octanol–water partition coefficient (Wildman–Crippen LogP) is -1.31. The average Bonchev–Trinajstić information content (AvgIpc) is 2.32. The summed E-state index contributed by atoms with van der Waals surface area (Å²) in [5, 5.41) is 0. The van der Waals surface area contributed by atoms with Gasteiger partial charge in [0.25, 0.3) is 0 Å². The number of hydrogen-bond acceptors (Lipinski definition) is 6. The van der Waals surface area contributed by atoms with Gasteiger partial charge in [0.05, 0.1) is 11.5 Å². The third-order valence-corrected chi connectivity index (χ3v) is 3.11. The van der Waals surface area contributed by atoms with Crippen LogP contribution in [0.1, 0.15) is 0 Å². The van der Waals surface area contributed by atoms with Crippen LogP contribution >= 0.6 is 0 Å². The Morgan fingerprint density at radius 2 is 1.20 bits per heavy atom. The summed E-state index contributed by atoms with van der Waals surface area (Å²) in [6.45, 7) is 6.68. The summed E-state index contributed by atoms with van der Waals surface area (Å²) in [5.41, 5.74) is 0. The summed E-state index contributed by atoms with van der Waals surface area (Å²) in [4.78, 5) is 25.0. The van der Waals surface area contributed by atoms with Crippen molar-refractivity contribution >= 4 is 34.0 Å². The Morgan fingerprint density at radius 1 is 0.900 bits per heavy atom. The Morgan fingerprint density at radius 3 is 1.40 bits per heavy atom. The van der Waals surface area contributed by atoms with Crippen LogP contribution in [0, 0.1) is 0 Å². The third-order valence-electron chi connectivity index (χ3n) is 2.15. The smallest absolute Gasteiger partial charge is 0.237 e. The quantitative estimate of drug-likeness (QED) is 0.486. The average molecular weight is 322 g/mol. The minimum Gasteiger partial charge on any atom is -0.772 e. The molecule has 0 saturated heterocycles. The van der Waals surface area contributed by atoms with Gasteiger partial charge < -0.3 is 18.9 Å². The Kier molecular flexibility index (Phi) is 8.88. The monoisotopic (exact) mass is 322 g/mol. The topological polar surface area (TPSA) is 121 Å². The number of hydrogen-bond donors (Lipinski definition) is 0. The number of nitrogens with zero attached hydrogens (tertiary/aromatic N) is 2. The fourth-order valence-corrected chi connectivity index (χ4v) is 1.95. The number of rotatable bonds is 9. The number of amides is 2. The maximum atomic E-state index is 11.5. The van der Waals surface area contributed by atoms with Gasteiger partial charge in [-0.1, -0.05) is 13.2 Å². The zero-order chi connectivity index (χ0) is 15.7. The Bertz CT molecular complexity index is 399. The molecule has 0 aliphatic heterocycles. The van der Waals surface area contributed by atoms with Crippen molar-refractivity contribution in [1.29, 1.82) is 0 Å². The fourth-order valence-electron chi connectivity index (χ4n) is 1.22. The van der Waals surface area contributed by atoms with Gasteiger partial charge >= 0.3 is 0 Å². The van der Waals surface area contributed by atoms with Crippen LogP contribution in [0.2, 0.25) is 0 Å². The second-order valence-corrected chi connectivity index (χ2v) is 5.23. The minimum absolute atomic E-state index is 0.0250. The first-order valence-electron chi connectivity index (χ1n) is 5.27. The van der Waals surface area contributed by atoms with Crippen molar-refractivity contribution in [1.82, 2.24) is 9.80 Å². The molecule has 0 fully saturated rings. The van der Waals surface area contributed by atoms with Crippen LogP contribution in [-0.2, 0) is 31.7 Å². The van der Waals surface area contributed by atoms with Gasteiger partial charge in [-0.25, -0.2) is 0 Å². The van der Waals surface area contributed by atoms with Crippen molar-refractivity contribution in [3.63, 3.8) is 0 Å². The van der Waals surface area contributed by atoms with Crippen molar-refractivity contribution in [2.75, 3.05) is 24.6 Å². The summed E-state index contributed by atoms with van der Waals surface area (Å²) in [6, 6.07) is 0. The standard InChI is InChI=1S/C10H16N2O6S2/c1-3-11(9(13)7-19(15)16)5-6-12(4-2)10(14)8-20(17)18/h3-4H,1-2,5-8H2,(H,15,16)(H,17,18)/p-2. The largest absolute Gasteiger partial charge is 0.772 e. The molecule has 0 N–H and O–H groups in total. The normalized spacial score (nSPS) is 13.1. The SMILES string of the molecule is C=CN(CCN(C=C)C(=O)CS(=O)[O-])C(=O)CS(=O)[O-]. The molecule has 0 aliphatic rings. The molecule has 0 aromatic rings. The maximum absolute atomic E-state index is 11.5. The number of carbonyl (C=O) groups excluding carboxylic acids is 2. The van der Waals surface area contributed by atoms with Gasteiger partial charge in [-0.3, -0.25) is 18.0 Å². The second-order valence-electron chi connectivity index (χ2n) is 3.44. The van der Waals surface area contributed by atoms with Gasteiger partial charge in [-0.05, 0) is 34.6 Å². The molecule has 0 aromatic carbocycles. The molecule has 0 saturated carbocycles. The van der Waals surface area contributed by atoms with Gasteiger partial charge in [-0.15, -0.1) is 0 Å². The van der Waals surface area contributed by atoms with Gasteiger partial charge in [0.1, 0.15) is 0 Å². The summed E-state index contributed by atoms with van der Waals surface area (Å²) >= 11 is -5.04. The predicted molar refractivity (Wildman–Crippen MR) is 71.4 cm³/mol. The minimum atomic E-state index is -2.52.